The monoisotopic (exact) mass is 298 g/mol. The maximum atomic E-state index is 12.6. The summed E-state index contributed by atoms with van der Waals surface area (Å²) in [6.07, 6.45) is 1.55. The van der Waals surface area contributed by atoms with E-state index >= 15 is 0 Å². The van der Waals surface area contributed by atoms with Crippen molar-refractivity contribution in [2.45, 2.75) is 44.3 Å². The van der Waals surface area contributed by atoms with Crippen LogP contribution in [0.4, 0.5) is 13.2 Å². The van der Waals surface area contributed by atoms with Crippen molar-refractivity contribution in [2.75, 3.05) is 0 Å². The summed E-state index contributed by atoms with van der Waals surface area (Å²) in [5.41, 5.74) is 3.22. The highest BCUT2D eigenvalue weighted by Gasteiger charge is 2.42. The Morgan fingerprint density at radius 3 is 2.33 bits per heavy atom. The van der Waals surface area contributed by atoms with Crippen molar-refractivity contribution in [1.82, 2.24) is 5.43 Å². The molecule has 2 fully saturated rings. The molecule has 1 aromatic carbocycles. The second-order valence-corrected chi connectivity index (χ2v) is 6.51. The Morgan fingerprint density at radius 1 is 1.14 bits per heavy atom. The fraction of sp³-hybridized carbons (Fsp3) is 0.625. The first kappa shape index (κ1) is 14.9. The van der Waals surface area contributed by atoms with Crippen molar-refractivity contribution in [1.29, 1.82) is 0 Å². The van der Waals surface area contributed by atoms with Gasteiger partial charge in [0.05, 0.1) is 5.56 Å². The molecule has 0 radical (unpaired) electrons. The van der Waals surface area contributed by atoms with Crippen LogP contribution < -0.4 is 11.3 Å². The highest BCUT2D eigenvalue weighted by Crippen LogP contribution is 2.49. The molecule has 21 heavy (non-hydrogen) atoms. The summed E-state index contributed by atoms with van der Waals surface area (Å²) in [6.45, 7) is 0. The summed E-state index contributed by atoms with van der Waals surface area (Å²) in [5.74, 6) is 7.84. The third-order valence-electron chi connectivity index (χ3n) is 5.26. The largest absolute Gasteiger partial charge is 0.416 e. The highest BCUT2D eigenvalue weighted by atomic mass is 19.4. The van der Waals surface area contributed by atoms with Crippen LogP contribution in [-0.4, -0.2) is 6.04 Å². The standard InChI is InChI=1S/C16H21F3N2/c17-16(18,19)13-5-2-10(3-6-13)9-15(21-20)14-8-11-1-4-12(14)7-11/h2-3,5-6,11-12,14-15,21H,1,4,7-9,20H2. The minimum Gasteiger partial charge on any atom is -0.271 e. The molecule has 0 aliphatic heterocycles. The Labute approximate surface area is 122 Å². The zero-order valence-corrected chi connectivity index (χ0v) is 11.9. The molecule has 0 heterocycles. The molecule has 0 spiro atoms. The number of halogens is 3. The Hall–Kier alpha value is -1.07. The van der Waals surface area contributed by atoms with Crippen LogP contribution in [0, 0.1) is 17.8 Å². The fourth-order valence-corrected chi connectivity index (χ4v) is 4.20. The van der Waals surface area contributed by atoms with E-state index in [1.165, 1.54) is 25.7 Å². The third-order valence-corrected chi connectivity index (χ3v) is 5.26. The lowest BCUT2D eigenvalue weighted by atomic mass is 9.81. The number of nitrogens with two attached hydrogens (primary N) is 1. The Bertz CT molecular complexity index is 483. The molecule has 2 aliphatic rings. The molecule has 5 heteroatoms. The molecule has 2 bridgehead atoms. The van der Waals surface area contributed by atoms with Gasteiger partial charge in [-0.3, -0.25) is 11.3 Å². The van der Waals surface area contributed by atoms with E-state index in [2.05, 4.69) is 5.43 Å². The summed E-state index contributed by atoms with van der Waals surface area (Å²) >= 11 is 0. The summed E-state index contributed by atoms with van der Waals surface area (Å²) in [4.78, 5) is 0. The second-order valence-electron chi connectivity index (χ2n) is 6.51. The molecule has 2 saturated carbocycles. The summed E-state index contributed by atoms with van der Waals surface area (Å²) in [5, 5.41) is 0. The minimum absolute atomic E-state index is 0.164. The number of rotatable bonds is 4. The molecule has 3 rings (SSSR count). The smallest absolute Gasteiger partial charge is 0.271 e. The van der Waals surface area contributed by atoms with Gasteiger partial charge in [-0.25, -0.2) is 0 Å². The SMILES string of the molecule is NNC(Cc1ccc(C(F)(F)F)cc1)C1CC2CCC1C2. The first-order valence-corrected chi connectivity index (χ1v) is 7.59. The first-order chi connectivity index (χ1) is 9.97. The van der Waals surface area contributed by atoms with Gasteiger partial charge < -0.3 is 0 Å². The van der Waals surface area contributed by atoms with Crippen LogP contribution in [-0.2, 0) is 12.6 Å². The minimum atomic E-state index is -4.27. The van der Waals surface area contributed by atoms with E-state index < -0.39 is 11.7 Å². The predicted molar refractivity (Wildman–Crippen MR) is 75.2 cm³/mol. The van der Waals surface area contributed by atoms with E-state index in [-0.39, 0.29) is 6.04 Å². The summed E-state index contributed by atoms with van der Waals surface area (Å²) in [6, 6.07) is 5.62. The van der Waals surface area contributed by atoms with Gasteiger partial charge in [0.25, 0.3) is 0 Å². The zero-order valence-electron chi connectivity index (χ0n) is 11.9. The van der Waals surface area contributed by atoms with Gasteiger partial charge in [-0.2, -0.15) is 13.2 Å². The van der Waals surface area contributed by atoms with Gasteiger partial charge in [-0.05, 0) is 61.1 Å². The molecule has 0 amide bonds. The van der Waals surface area contributed by atoms with E-state index in [9.17, 15) is 13.2 Å². The van der Waals surface area contributed by atoms with Crippen LogP contribution in [0.1, 0.15) is 36.8 Å². The van der Waals surface area contributed by atoms with Gasteiger partial charge in [-0.15, -0.1) is 0 Å². The Morgan fingerprint density at radius 2 is 1.86 bits per heavy atom. The van der Waals surface area contributed by atoms with Gasteiger partial charge in [0, 0.05) is 6.04 Å². The van der Waals surface area contributed by atoms with Crippen molar-refractivity contribution < 1.29 is 13.2 Å². The van der Waals surface area contributed by atoms with Crippen LogP contribution in [0.15, 0.2) is 24.3 Å². The first-order valence-electron chi connectivity index (χ1n) is 7.59. The average molecular weight is 298 g/mol. The fourth-order valence-electron chi connectivity index (χ4n) is 4.20. The van der Waals surface area contributed by atoms with Crippen LogP contribution in [0.3, 0.4) is 0 Å². The molecule has 4 unspecified atom stereocenters. The Balaban J connectivity index is 1.67. The zero-order chi connectivity index (χ0) is 15.0. The van der Waals surface area contributed by atoms with Crippen molar-refractivity contribution in [3.63, 3.8) is 0 Å². The van der Waals surface area contributed by atoms with Gasteiger partial charge in [0.1, 0.15) is 0 Å². The van der Waals surface area contributed by atoms with Crippen LogP contribution in [0.25, 0.3) is 0 Å². The normalized spacial score (nSPS) is 29.8. The summed E-state index contributed by atoms with van der Waals surface area (Å²) in [7, 11) is 0. The van der Waals surface area contributed by atoms with Gasteiger partial charge >= 0.3 is 6.18 Å². The number of benzene rings is 1. The molecule has 4 atom stereocenters. The number of alkyl halides is 3. The topological polar surface area (TPSA) is 38.0 Å². The van der Waals surface area contributed by atoms with Crippen LogP contribution >= 0.6 is 0 Å². The number of fused-ring (bicyclic) bond motifs is 2. The van der Waals surface area contributed by atoms with Crippen LogP contribution in [0.5, 0.6) is 0 Å². The van der Waals surface area contributed by atoms with Crippen molar-refractivity contribution in [2.24, 2.45) is 23.6 Å². The number of hydrogen-bond donors (Lipinski definition) is 2. The molecule has 2 aliphatic carbocycles. The van der Waals surface area contributed by atoms with Gasteiger partial charge in [-0.1, -0.05) is 18.6 Å². The maximum Gasteiger partial charge on any atom is 0.416 e. The molecule has 2 nitrogen and oxygen atoms in total. The van der Waals surface area contributed by atoms with E-state index in [4.69, 9.17) is 5.84 Å². The summed E-state index contributed by atoms with van der Waals surface area (Å²) < 4.78 is 37.7. The number of hydrogen-bond acceptors (Lipinski definition) is 2. The molecule has 1 aromatic rings. The van der Waals surface area contributed by atoms with E-state index in [1.54, 1.807) is 12.1 Å². The second kappa shape index (κ2) is 5.61. The Kier molecular flexibility index (Phi) is 3.97. The molecule has 0 saturated heterocycles. The quantitative estimate of drug-likeness (QED) is 0.659. The van der Waals surface area contributed by atoms with Gasteiger partial charge in [0.2, 0.25) is 0 Å². The average Bonchev–Trinajstić information content (AvgIpc) is 3.07. The van der Waals surface area contributed by atoms with E-state index in [0.29, 0.717) is 12.3 Å². The van der Waals surface area contributed by atoms with Crippen LogP contribution in [0.2, 0.25) is 0 Å². The molecule has 0 aromatic heterocycles. The van der Waals surface area contributed by atoms with Crippen molar-refractivity contribution in [3.05, 3.63) is 35.4 Å². The highest BCUT2D eigenvalue weighted by molar-refractivity contribution is 5.25. The molecular weight excluding hydrogens is 277 g/mol. The number of hydrazine groups is 1. The van der Waals surface area contributed by atoms with E-state index in [1.807, 2.05) is 0 Å². The molecular formula is C16H21F3N2. The van der Waals surface area contributed by atoms with E-state index in [0.717, 1.165) is 29.5 Å². The lowest BCUT2D eigenvalue weighted by Gasteiger charge is -2.30. The maximum absolute atomic E-state index is 12.6. The lowest BCUT2D eigenvalue weighted by molar-refractivity contribution is -0.137. The molecule has 3 N–H and O–H groups in total. The number of nitrogens with one attached hydrogen (secondary N) is 1. The van der Waals surface area contributed by atoms with Crippen molar-refractivity contribution in [3.8, 4) is 0 Å². The third kappa shape index (κ3) is 3.09. The molecule has 116 valence electrons. The van der Waals surface area contributed by atoms with Crippen molar-refractivity contribution >= 4 is 0 Å². The lowest BCUT2D eigenvalue weighted by Crippen LogP contribution is -2.44. The van der Waals surface area contributed by atoms with Gasteiger partial charge in [0.15, 0.2) is 0 Å². The predicted octanol–water partition coefficient (Wildman–Crippen LogP) is 3.52.